The second-order valence-electron chi connectivity index (χ2n) is 10.1. The lowest BCUT2D eigenvalue weighted by atomic mass is 9.93. The predicted molar refractivity (Wildman–Crippen MR) is 129 cm³/mol. The van der Waals surface area contributed by atoms with Crippen molar-refractivity contribution in [3.05, 3.63) is 54.7 Å². The number of aromatic nitrogens is 1. The van der Waals surface area contributed by atoms with Gasteiger partial charge in [0, 0.05) is 36.7 Å². The third kappa shape index (κ3) is 4.74. The lowest BCUT2D eigenvalue weighted by Gasteiger charge is -2.33. The number of nitrogens with two attached hydrogens (primary N) is 1. The van der Waals surface area contributed by atoms with Crippen LogP contribution in [0.1, 0.15) is 44.7 Å². The van der Waals surface area contributed by atoms with Crippen LogP contribution in [0, 0.1) is 25.2 Å². The Labute approximate surface area is 195 Å². The Balaban J connectivity index is 1.64. The Morgan fingerprint density at radius 3 is 2.76 bits per heavy atom. The van der Waals surface area contributed by atoms with E-state index in [9.17, 15) is 4.79 Å². The summed E-state index contributed by atoms with van der Waals surface area (Å²) < 4.78 is 0. The van der Waals surface area contributed by atoms with E-state index in [0.29, 0.717) is 11.8 Å². The second kappa shape index (κ2) is 8.78. The van der Waals surface area contributed by atoms with E-state index in [4.69, 9.17) is 15.5 Å². The molecule has 2 unspecified atom stereocenters. The molecule has 33 heavy (non-hydrogen) atoms. The zero-order valence-corrected chi connectivity index (χ0v) is 19.9. The van der Waals surface area contributed by atoms with Crippen molar-refractivity contribution in [1.82, 2.24) is 4.98 Å². The van der Waals surface area contributed by atoms with E-state index in [2.05, 4.69) is 40.0 Å². The number of carbonyl (C=O) groups is 1. The van der Waals surface area contributed by atoms with E-state index in [1.807, 2.05) is 46.2 Å². The summed E-state index contributed by atoms with van der Waals surface area (Å²) >= 11 is 0. The molecule has 1 aromatic heterocycles. The predicted octanol–water partition coefficient (Wildman–Crippen LogP) is 4.24. The first-order chi connectivity index (χ1) is 15.6. The maximum atomic E-state index is 12.3. The number of hydrogen-bond donors (Lipinski definition) is 1. The van der Waals surface area contributed by atoms with Crippen LogP contribution >= 0.6 is 0 Å². The zero-order valence-electron chi connectivity index (χ0n) is 19.9. The molecule has 2 aliphatic heterocycles. The highest BCUT2D eigenvalue weighted by atomic mass is 17.2. The number of benzene rings is 1. The van der Waals surface area contributed by atoms with E-state index in [1.165, 1.54) is 0 Å². The minimum absolute atomic E-state index is 0.201. The number of piperidine rings is 1. The van der Waals surface area contributed by atoms with E-state index >= 15 is 0 Å². The average Bonchev–Trinajstić information content (AvgIpc) is 3.21. The molecular weight excluding hydrogens is 416 g/mol. The van der Waals surface area contributed by atoms with Crippen LogP contribution in [0.2, 0.25) is 0 Å². The van der Waals surface area contributed by atoms with Crippen LogP contribution in [0.3, 0.4) is 0 Å². The fourth-order valence-electron chi connectivity index (χ4n) is 4.34. The van der Waals surface area contributed by atoms with Crippen molar-refractivity contribution in [2.45, 2.75) is 52.7 Å². The van der Waals surface area contributed by atoms with Gasteiger partial charge in [0.2, 0.25) is 5.90 Å². The second-order valence-corrected chi connectivity index (χ2v) is 10.1. The SMILES string of the molecule is [CH2]C1CCCN(c2cnccc2-c2ccc(CC3(C(N)=O)N=C(C(C)(C)C)OO3)c(C)c2)C1. The number of anilines is 1. The third-order valence-corrected chi connectivity index (χ3v) is 6.31. The summed E-state index contributed by atoms with van der Waals surface area (Å²) in [7, 11) is 0. The average molecular weight is 450 g/mol. The smallest absolute Gasteiger partial charge is 0.289 e. The Morgan fingerprint density at radius 2 is 2.12 bits per heavy atom. The molecule has 0 saturated carbocycles. The third-order valence-electron chi connectivity index (χ3n) is 6.31. The van der Waals surface area contributed by atoms with Gasteiger partial charge in [-0.2, -0.15) is 0 Å². The molecule has 1 fully saturated rings. The fraction of sp³-hybridized carbons (Fsp3) is 0.462. The van der Waals surface area contributed by atoms with Crippen molar-refractivity contribution < 1.29 is 14.6 Å². The van der Waals surface area contributed by atoms with Gasteiger partial charge in [0.05, 0.1) is 11.9 Å². The van der Waals surface area contributed by atoms with E-state index < -0.39 is 17.0 Å². The number of hydrogen-bond acceptors (Lipinski definition) is 6. The van der Waals surface area contributed by atoms with Gasteiger partial charge >= 0.3 is 0 Å². The summed E-state index contributed by atoms with van der Waals surface area (Å²) in [5.74, 6) is 0.116. The summed E-state index contributed by atoms with van der Waals surface area (Å²) in [6.07, 6.45) is 6.25. The van der Waals surface area contributed by atoms with Gasteiger partial charge < -0.3 is 15.5 Å². The largest absolute Gasteiger partial charge is 0.370 e. The van der Waals surface area contributed by atoms with Crippen LogP contribution < -0.4 is 10.6 Å². The van der Waals surface area contributed by atoms with Gasteiger partial charge in [-0.05, 0) is 55.4 Å². The molecule has 1 aromatic carbocycles. The number of rotatable bonds is 5. The van der Waals surface area contributed by atoms with Crippen molar-refractivity contribution in [2.24, 2.45) is 22.1 Å². The molecule has 1 radical (unpaired) electrons. The van der Waals surface area contributed by atoms with Crippen LogP contribution in [-0.4, -0.2) is 35.6 Å². The number of carbonyl (C=O) groups excluding carboxylic acids is 1. The number of aliphatic imine (C=N–C) groups is 1. The van der Waals surface area contributed by atoms with Crippen molar-refractivity contribution in [3.8, 4) is 11.1 Å². The Morgan fingerprint density at radius 1 is 1.33 bits per heavy atom. The number of pyridine rings is 1. The van der Waals surface area contributed by atoms with Crippen molar-refractivity contribution in [2.75, 3.05) is 18.0 Å². The Bertz CT molecular complexity index is 1080. The Kier molecular flexibility index (Phi) is 6.18. The first-order valence-corrected chi connectivity index (χ1v) is 11.5. The minimum atomic E-state index is -1.56. The first-order valence-electron chi connectivity index (χ1n) is 11.5. The number of amides is 1. The maximum absolute atomic E-state index is 12.3. The highest BCUT2D eigenvalue weighted by molar-refractivity contribution is 5.91. The van der Waals surface area contributed by atoms with Gasteiger partial charge in [0.15, 0.2) is 0 Å². The summed E-state index contributed by atoms with van der Waals surface area (Å²) in [5, 5.41) is 0. The van der Waals surface area contributed by atoms with E-state index in [-0.39, 0.29) is 6.42 Å². The monoisotopic (exact) mass is 449 g/mol. The van der Waals surface area contributed by atoms with Gasteiger partial charge in [0.1, 0.15) is 0 Å². The van der Waals surface area contributed by atoms with Gasteiger partial charge in [-0.1, -0.05) is 39.0 Å². The maximum Gasteiger partial charge on any atom is 0.289 e. The Hall–Kier alpha value is -2.93. The van der Waals surface area contributed by atoms with Crippen molar-refractivity contribution in [1.29, 1.82) is 0 Å². The topological polar surface area (TPSA) is 90.0 Å². The number of aryl methyl sites for hydroxylation is 1. The molecule has 3 heterocycles. The molecule has 1 amide bonds. The molecular formula is C26H33N4O3. The molecule has 7 nitrogen and oxygen atoms in total. The van der Waals surface area contributed by atoms with E-state index in [0.717, 1.165) is 53.9 Å². The van der Waals surface area contributed by atoms with E-state index in [1.54, 1.807) is 0 Å². The van der Waals surface area contributed by atoms with Crippen molar-refractivity contribution >= 4 is 17.5 Å². The molecule has 2 atom stereocenters. The molecule has 7 heteroatoms. The molecule has 2 aliphatic rings. The molecule has 0 bridgehead atoms. The fourth-order valence-corrected chi connectivity index (χ4v) is 4.34. The minimum Gasteiger partial charge on any atom is -0.370 e. The van der Waals surface area contributed by atoms with Gasteiger partial charge in [-0.3, -0.25) is 9.78 Å². The normalized spacial score (nSPS) is 23.2. The zero-order chi connectivity index (χ0) is 23.8. The van der Waals surface area contributed by atoms with Crippen LogP contribution in [0.5, 0.6) is 0 Å². The molecule has 0 spiro atoms. The van der Waals surface area contributed by atoms with Crippen molar-refractivity contribution in [3.63, 3.8) is 0 Å². The quantitative estimate of drug-likeness (QED) is 0.690. The van der Waals surface area contributed by atoms with Gasteiger partial charge in [0.25, 0.3) is 11.6 Å². The molecule has 0 aliphatic carbocycles. The lowest BCUT2D eigenvalue weighted by molar-refractivity contribution is -0.273. The van der Waals surface area contributed by atoms with Crippen LogP contribution in [0.25, 0.3) is 11.1 Å². The summed E-state index contributed by atoms with van der Waals surface area (Å²) in [4.78, 5) is 34.3. The summed E-state index contributed by atoms with van der Waals surface area (Å²) in [6.45, 7) is 14.0. The van der Waals surface area contributed by atoms with Gasteiger partial charge in [-0.15, -0.1) is 4.89 Å². The molecule has 175 valence electrons. The molecule has 2 N–H and O–H groups in total. The van der Waals surface area contributed by atoms with Crippen LogP contribution in [0.4, 0.5) is 5.69 Å². The first kappa shape index (κ1) is 23.2. The highest BCUT2D eigenvalue weighted by Crippen LogP contribution is 2.36. The van der Waals surface area contributed by atoms with Crippen LogP contribution in [-0.2, 0) is 21.0 Å². The lowest BCUT2D eigenvalue weighted by Crippen LogP contribution is -2.44. The number of primary amides is 1. The molecule has 1 saturated heterocycles. The van der Waals surface area contributed by atoms with Gasteiger partial charge in [-0.25, -0.2) is 4.99 Å². The number of nitrogens with zero attached hydrogens (tertiary/aromatic N) is 3. The summed E-state index contributed by atoms with van der Waals surface area (Å²) in [6, 6.07) is 8.24. The highest BCUT2D eigenvalue weighted by Gasteiger charge is 2.48. The summed E-state index contributed by atoms with van der Waals surface area (Å²) in [5.41, 5.74) is 9.04. The standard InChI is InChI=1S/C26H33N4O3/c1-17-7-6-12-30(16-17)22-15-28-11-10-21(22)19-8-9-20(18(2)13-19)14-26(23(27)31)29-24(32-33-26)25(3,4)5/h8-11,13,15,17H,1,6-7,12,14,16H2,2-5H3,(H2,27,31). The molecule has 4 rings (SSSR count). The van der Waals surface area contributed by atoms with Crippen LogP contribution in [0.15, 0.2) is 41.7 Å². The molecule has 2 aromatic rings.